The SMILES string of the molecule is Cc1cccc(C(=O)N2CCN(c3cc(C)n4cnnc4n3)CC2)c1. The van der Waals surface area contributed by atoms with Gasteiger partial charge >= 0.3 is 0 Å². The second-order valence-corrected chi connectivity index (χ2v) is 6.41. The summed E-state index contributed by atoms with van der Waals surface area (Å²) in [6, 6.07) is 9.79. The lowest BCUT2D eigenvalue weighted by Gasteiger charge is -2.35. The molecule has 0 unspecified atom stereocenters. The third kappa shape index (κ3) is 2.93. The predicted molar refractivity (Wildman–Crippen MR) is 94.8 cm³/mol. The highest BCUT2D eigenvalue weighted by Gasteiger charge is 2.23. The van der Waals surface area contributed by atoms with Gasteiger partial charge in [-0.2, -0.15) is 4.98 Å². The first-order valence-corrected chi connectivity index (χ1v) is 8.40. The molecule has 1 aliphatic heterocycles. The number of nitrogens with zero attached hydrogens (tertiary/aromatic N) is 6. The molecule has 2 aromatic heterocycles. The number of fused-ring (bicyclic) bond motifs is 1. The number of hydrogen-bond donors (Lipinski definition) is 0. The van der Waals surface area contributed by atoms with E-state index >= 15 is 0 Å². The third-order valence-electron chi connectivity index (χ3n) is 4.62. The van der Waals surface area contributed by atoms with Crippen LogP contribution in [-0.2, 0) is 0 Å². The lowest BCUT2D eigenvalue weighted by molar-refractivity contribution is 0.0746. The smallest absolute Gasteiger partial charge is 0.256 e. The number of anilines is 1. The lowest BCUT2D eigenvalue weighted by Crippen LogP contribution is -2.49. The molecule has 7 nitrogen and oxygen atoms in total. The molecule has 0 radical (unpaired) electrons. The summed E-state index contributed by atoms with van der Waals surface area (Å²) in [5.74, 6) is 1.59. The van der Waals surface area contributed by atoms with Crippen LogP contribution in [0.1, 0.15) is 21.6 Å². The summed E-state index contributed by atoms with van der Waals surface area (Å²) in [5.41, 5.74) is 2.90. The van der Waals surface area contributed by atoms with Crippen LogP contribution in [0.3, 0.4) is 0 Å². The molecular weight excluding hydrogens is 316 g/mol. The Labute approximate surface area is 145 Å². The maximum Gasteiger partial charge on any atom is 0.256 e. The number of piperazine rings is 1. The van der Waals surface area contributed by atoms with Crippen molar-refractivity contribution in [2.24, 2.45) is 0 Å². The molecule has 1 fully saturated rings. The Hall–Kier alpha value is -2.96. The van der Waals surface area contributed by atoms with Gasteiger partial charge in [-0.25, -0.2) is 0 Å². The Morgan fingerprint density at radius 2 is 1.88 bits per heavy atom. The van der Waals surface area contributed by atoms with Crippen molar-refractivity contribution in [3.05, 3.63) is 53.5 Å². The minimum Gasteiger partial charge on any atom is -0.353 e. The van der Waals surface area contributed by atoms with Crippen LogP contribution in [0.2, 0.25) is 0 Å². The van der Waals surface area contributed by atoms with E-state index in [9.17, 15) is 4.79 Å². The molecular formula is C18H20N6O. The average molecular weight is 336 g/mol. The van der Waals surface area contributed by atoms with Crippen LogP contribution in [0.4, 0.5) is 5.82 Å². The molecule has 25 heavy (non-hydrogen) atoms. The molecule has 1 aliphatic rings. The molecule has 0 saturated carbocycles. The second kappa shape index (κ2) is 6.16. The van der Waals surface area contributed by atoms with E-state index in [2.05, 4.69) is 20.1 Å². The highest BCUT2D eigenvalue weighted by Crippen LogP contribution is 2.18. The van der Waals surface area contributed by atoms with E-state index in [1.165, 1.54) is 0 Å². The third-order valence-corrected chi connectivity index (χ3v) is 4.62. The second-order valence-electron chi connectivity index (χ2n) is 6.41. The molecule has 128 valence electrons. The average Bonchev–Trinajstić information content (AvgIpc) is 3.10. The quantitative estimate of drug-likeness (QED) is 0.713. The van der Waals surface area contributed by atoms with Crippen LogP contribution < -0.4 is 4.90 Å². The van der Waals surface area contributed by atoms with Crippen molar-refractivity contribution in [3.8, 4) is 0 Å². The minimum atomic E-state index is 0.0976. The lowest BCUT2D eigenvalue weighted by atomic mass is 10.1. The van der Waals surface area contributed by atoms with Crippen LogP contribution >= 0.6 is 0 Å². The zero-order chi connectivity index (χ0) is 17.4. The molecule has 7 heteroatoms. The van der Waals surface area contributed by atoms with Gasteiger partial charge in [-0.3, -0.25) is 9.20 Å². The maximum absolute atomic E-state index is 12.7. The first-order chi connectivity index (χ1) is 12.1. The van der Waals surface area contributed by atoms with Crippen molar-refractivity contribution >= 4 is 17.5 Å². The molecule has 0 atom stereocenters. The fourth-order valence-corrected chi connectivity index (χ4v) is 3.21. The van der Waals surface area contributed by atoms with Crippen molar-refractivity contribution in [1.29, 1.82) is 0 Å². The van der Waals surface area contributed by atoms with Gasteiger partial charge in [0.1, 0.15) is 12.1 Å². The van der Waals surface area contributed by atoms with E-state index < -0.39 is 0 Å². The number of hydrogen-bond acceptors (Lipinski definition) is 5. The number of aromatic nitrogens is 4. The highest BCUT2D eigenvalue weighted by molar-refractivity contribution is 5.94. The van der Waals surface area contributed by atoms with Crippen molar-refractivity contribution in [3.63, 3.8) is 0 Å². The minimum absolute atomic E-state index is 0.0976. The molecule has 1 aromatic carbocycles. The fourth-order valence-electron chi connectivity index (χ4n) is 3.21. The molecule has 4 rings (SSSR count). The highest BCUT2D eigenvalue weighted by atomic mass is 16.2. The summed E-state index contributed by atoms with van der Waals surface area (Å²) in [7, 11) is 0. The van der Waals surface area contributed by atoms with Crippen LogP contribution in [0.25, 0.3) is 5.78 Å². The first-order valence-electron chi connectivity index (χ1n) is 8.40. The molecule has 0 bridgehead atoms. The summed E-state index contributed by atoms with van der Waals surface area (Å²) in [6.07, 6.45) is 1.67. The molecule has 0 aliphatic carbocycles. The van der Waals surface area contributed by atoms with Crippen molar-refractivity contribution in [2.75, 3.05) is 31.1 Å². The molecule has 3 heterocycles. The van der Waals surface area contributed by atoms with Crippen molar-refractivity contribution in [2.45, 2.75) is 13.8 Å². The summed E-state index contributed by atoms with van der Waals surface area (Å²) in [6.45, 7) is 6.90. The van der Waals surface area contributed by atoms with Gasteiger partial charge in [-0.05, 0) is 26.0 Å². The Balaban J connectivity index is 1.48. The Morgan fingerprint density at radius 1 is 1.08 bits per heavy atom. The normalized spacial score (nSPS) is 15.0. The zero-order valence-corrected chi connectivity index (χ0v) is 14.4. The number of carbonyl (C=O) groups excluding carboxylic acids is 1. The van der Waals surface area contributed by atoms with Gasteiger partial charge in [0.05, 0.1) is 0 Å². The largest absolute Gasteiger partial charge is 0.353 e. The Bertz CT molecular complexity index is 926. The summed E-state index contributed by atoms with van der Waals surface area (Å²) in [5, 5.41) is 7.94. The van der Waals surface area contributed by atoms with Crippen LogP contribution in [-0.4, -0.2) is 56.6 Å². The van der Waals surface area contributed by atoms with E-state index in [4.69, 9.17) is 0 Å². The standard InChI is InChI=1S/C18H20N6O/c1-13-4-3-5-15(10-13)17(25)23-8-6-22(7-9-23)16-11-14(2)24-12-19-21-18(24)20-16/h3-5,10-12H,6-9H2,1-2H3. The van der Waals surface area contributed by atoms with E-state index in [1.54, 1.807) is 6.33 Å². The van der Waals surface area contributed by atoms with Gasteiger partial charge in [-0.1, -0.05) is 17.7 Å². The number of aryl methyl sites for hydroxylation is 2. The monoisotopic (exact) mass is 336 g/mol. The maximum atomic E-state index is 12.7. The number of amides is 1. The van der Waals surface area contributed by atoms with Crippen molar-refractivity contribution in [1.82, 2.24) is 24.5 Å². The van der Waals surface area contributed by atoms with E-state index in [0.29, 0.717) is 18.9 Å². The van der Waals surface area contributed by atoms with Gasteiger partial charge in [0.15, 0.2) is 0 Å². The first kappa shape index (κ1) is 15.6. The van der Waals surface area contributed by atoms with Crippen LogP contribution in [0, 0.1) is 13.8 Å². The van der Waals surface area contributed by atoms with Crippen LogP contribution in [0.5, 0.6) is 0 Å². The molecule has 0 spiro atoms. The Kier molecular flexibility index (Phi) is 3.83. The fraction of sp³-hybridized carbons (Fsp3) is 0.333. The van der Waals surface area contributed by atoms with E-state index in [1.807, 2.05) is 53.5 Å². The van der Waals surface area contributed by atoms with Crippen molar-refractivity contribution < 1.29 is 4.79 Å². The molecule has 0 N–H and O–H groups in total. The Morgan fingerprint density at radius 3 is 2.64 bits per heavy atom. The van der Waals surface area contributed by atoms with Gasteiger partial charge < -0.3 is 9.80 Å². The predicted octanol–water partition coefficient (Wildman–Crippen LogP) is 1.70. The molecule has 1 saturated heterocycles. The van der Waals surface area contributed by atoms with E-state index in [0.717, 1.165) is 35.7 Å². The molecule has 3 aromatic rings. The number of benzene rings is 1. The van der Waals surface area contributed by atoms with Gasteiger partial charge in [0.25, 0.3) is 11.7 Å². The topological polar surface area (TPSA) is 66.6 Å². The number of carbonyl (C=O) groups is 1. The summed E-state index contributed by atoms with van der Waals surface area (Å²) >= 11 is 0. The summed E-state index contributed by atoms with van der Waals surface area (Å²) in [4.78, 5) is 21.3. The summed E-state index contributed by atoms with van der Waals surface area (Å²) < 4.78 is 1.86. The number of rotatable bonds is 2. The van der Waals surface area contributed by atoms with Gasteiger partial charge in [0.2, 0.25) is 0 Å². The van der Waals surface area contributed by atoms with Gasteiger partial charge in [-0.15, -0.1) is 10.2 Å². The van der Waals surface area contributed by atoms with E-state index in [-0.39, 0.29) is 5.91 Å². The van der Waals surface area contributed by atoms with Crippen LogP contribution in [0.15, 0.2) is 36.7 Å². The molecule has 1 amide bonds. The van der Waals surface area contributed by atoms with Gasteiger partial charge in [0, 0.05) is 43.5 Å². The zero-order valence-electron chi connectivity index (χ0n) is 14.4.